The SMILES string of the molecule is C/C=C\CC(CC)c1ccc(OC)cc1. The lowest BCUT2D eigenvalue weighted by Gasteiger charge is -2.13. The number of rotatable bonds is 5. The van der Waals surface area contributed by atoms with Gasteiger partial charge in [0.2, 0.25) is 0 Å². The number of allylic oxidation sites excluding steroid dienone is 2. The zero-order valence-electron chi connectivity index (χ0n) is 9.86. The number of ether oxygens (including phenoxy) is 1. The molecule has 0 bridgehead atoms. The van der Waals surface area contributed by atoms with Crippen molar-refractivity contribution in [3.05, 3.63) is 42.0 Å². The Balaban J connectivity index is 2.73. The molecule has 0 aliphatic carbocycles. The summed E-state index contributed by atoms with van der Waals surface area (Å²) in [5, 5.41) is 0. The van der Waals surface area contributed by atoms with Crippen molar-refractivity contribution in [1.29, 1.82) is 0 Å². The lowest BCUT2D eigenvalue weighted by molar-refractivity contribution is 0.414. The van der Waals surface area contributed by atoms with E-state index in [1.54, 1.807) is 7.11 Å². The predicted molar refractivity (Wildman–Crippen MR) is 65.5 cm³/mol. The van der Waals surface area contributed by atoms with Crippen molar-refractivity contribution >= 4 is 0 Å². The molecular weight excluding hydrogens is 184 g/mol. The molecule has 1 atom stereocenters. The van der Waals surface area contributed by atoms with E-state index in [1.165, 1.54) is 12.0 Å². The van der Waals surface area contributed by atoms with Gasteiger partial charge in [0.25, 0.3) is 0 Å². The van der Waals surface area contributed by atoms with E-state index in [-0.39, 0.29) is 0 Å². The highest BCUT2D eigenvalue weighted by molar-refractivity contribution is 5.29. The van der Waals surface area contributed by atoms with Gasteiger partial charge >= 0.3 is 0 Å². The molecule has 0 saturated heterocycles. The molecule has 0 radical (unpaired) electrons. The van der Waals surface area contributed by atoms with Crippen LogP contribution >= 0.6 is 0 Å². The molecule has 0 saturated carbocycles. The fourth-order valence-electron chi connectivity index (χ4n) is 1.71. The van der Waals surface area contributed by atoms with E-state index in [2.05, 4.69) is 38.1 Å². The summed E-state index contributed by atoms with van der Waals surface area (Å²) in [6.07, 6.45) is 6.65. The molecule has 15 heavy (non-hydrogen) atoms. The molecule has 0 N–H and O–H groups in total. The second-order valence-electron chi connectivity index (χ2n) is 3.68. The van der Waals surface area contributed by atoms with E-state index >= 15 is 0 Å². The van der Waals surface area contributed by atoms with E-state index in [4.69, 9.17) is 4.74 Å². The first-order valence-corrected chi connectivity index (χ1v) is 5.56. The highest BCUT2D eigenvalue weighted by Crippen LogP contribution is 2.25. The number of hydrogen-bond acceptors (Lipinski definition) is 1. The van der Waals surface area contributed by atoms with Gasteiger partial charge in [-0.25, -0.2) is 0 Å². The molecule has 0 amide bonds. The van der Waals surface area contributed by atoms with Crippen LogP contribution in [0.3, 0.4) is 0 Å². The summed E-state index contributed by atoms with van der Waals surface area (Å²) in [5.41, 5.74) is 1.40. The quantitative estimate of drug-likeness (QED) is 0.654. The lowest BCUT2D eigenvalue weighted by atomic mass is 9.93. The van der Waals surface area contributed by atoms with Crippen LogP contribution < -0.4 is 4.74 Å². The van der Waals surface area contributed by atoms with Crippen molar-refractivity contribution in [3.8, 4) is 5.75 Å². The maximum atomic E-state index is 5.15. The Kier molecular flexibility index (Phi) is 4.96. The normalized spacial score (nSPS) is 13.0. The van der Waals surface area contributed by atoms with Crippen molar-refractivity contribution in [2.24, 2.45) is 0 Å². The summed E-state index contributed by atoms with van der Waals surface area (Å²) in [4.78, 5) is 0. The van der Waals surface area contributed by atoms with Crippen LogP contribution in [-0.4, -0.2) is 7.11 Å². The van der Waals surface area contributed by atoms with Crippen molar-refractivity contribution in [2.45, 2.75) is 32.6 Å². The third-order valence-corrected chi connectivity index (χ3v) is 2.74. The summed E-state index contributed by atoms with van der Waals surface area (Å²) in [5.74, 6) is 1.56. The van der Waals surface area contributed by atoms with Crippen molar-refractivity contribution in [3.63, 3.8) is 0 Å². The minimum absolute atomic E-state index is 0.632. The highest BCUT2D eigenvalue weighted by atomic mass is 16.5. The number of hydrogen-bond donors (Lipinski definition) is 0. The van der Waals surface area contributed by atoms with Gasteiger partial charge in [-0.05, 0) is 43.4 Å². The second kappa shape index (κ2) is 6.28. The fourth-order valence-corrected chi connectivity index (χ4v) is 1.71. The average molecular weight is 204 g/mol. The molecule has 1 nitrogen and oxygen atoms in total. The van der Waals surface area contributed by atoms with Crippen LogP contribution in [0.1, 0.15) is 38.2 Å². The summed E-state index contributed by atoms with van der Waals surface area (Å²) in [6, 6.07) is 8.40. The van der Waals surface area contributed by atoms with Crippen LogP contribution in [0, 0.1) is 0 Å². The van der Waals surface area contributed by atoms with E-state index in [0.29, 0.717) is 5.92 Å². The minimum atomic E-state index is 0.632. The van der Waals surface area contributed by atoms with Gasteiger partial charge in [0.05, 0.1) is 7.11 Å². The van der Waals surface area contributed by atoms with Crippen molar-refractivity contribution < 1.29 is 4.74 Å². The Morgan fingerprint density at radius 3 is 2.40 bits per heavy atom. The van der Waals surface area contributed by atoms with Crippen LogP contribution in [0.25, 0.3) is 0 Å². The summed E-state index contributed by atoms with van der Waals surface area (Å²) in [6.45, 7) is 4.30. The average Bonchev–Trinajstić information content (AvgIpc) is 2.31. The predicted octanol–water partition coefficient (Wildman–Crippen LogP) is 4.16. The number of methoxy groups -OCH3 is 1. The van der Waals surface area contributed by atoms with Crippen LogP contribution in [0.15, 0.2) is 36.4 Å². The first kappa shape index (κ1) is 11.8. The Hall–Kier alpha value is -1.24. The Morgan fingerprint density at radius 1 is 1.27 bits per heavy atom. The highest BCUT2D eigenvalue weighted by Gasteiger charge is 2.06. The molecule has 0 heterocycles. The molecule has 1 aromatic rings. The lowest BCUT2D eigenvalue weighted by Crippen LogP contribution is -1.95. The summed E-state index contributed by atoms with van der Waals surface area (Å²) >= 11 is 0. The molecule has 0 spiro atoms. The van der Waals surface area contributed by atoms with E-state index in [1.807, 2.05) is 12.1 Å². The van der Waals surface area contributed by atoms with Gasteiger partial charge in [-0.1, -0.05) is 31.2 Å². The zero-order valence-corrected chi connectivity index (χ0v) is 9.86. The monoisotopic (exact) mass is 204 g/mol. The zero-order chi connectivity index (χ0) is 11.1. The van der Waals surface area contributed by atoms with Gasteiger partial charge in [-0.3, -0.25) is 0 Å². The number of benzene rings is 1. The van der Waals surface area contributed by atoms with Gasteiger partial charge in [0.1, 0.15) is 5.75 Å². The topological polar surface area (TPSA) is 9.23 Å². The molecule has 82 valence electrons. The molecule has 0 aliphatic rings. The molecule has 1 heteroatoms. The van der Waals surface area contributed by atoms with Crippen molar-refractivity contribution in [2.75, 3.05) is 7.11 Å². The maximum Gasteiger partial charge on any atom is 0.118 e. The maximum absolute atomic E-state index is 5.15. The largest absolute Gasteiger partial charge is 0.497 e. The van der Waals surface area contributed by atoms with Crippen molar-refractivity contribution in [1.82, 2.24) is 0 Å². The van der Waals surface area contributed by atoms with Gasteiger partial charge in [-0.15, -0.1) is 0 Å². The Bertz CT molecular complexity index is 298. The first-order valence-electron chi connectivity index (χ1n) is 5.56. The van der Waals surface area contributed by atoms with Gasteiger partial charge in [0.15, 0.2) is 0 Å². The van der Waals surface area contributed by atoms with E-state index in [0.717, 1.165) is 12.2 Å². The molecule has 0 aliphatic heterocycles. The van der Waals surface area contributed by atoms with Crippen LogP contribution in [0.2, 0.25) is 0 Å². The third-order valence-electron chi connectivity index (χ3n) is 2.74. The summed E-state index contributed by atoms with van der Waals surface area (Å²) < 4.78 is 5.15. The first-order chi connectivity index (χ1) is 7.31. The molecule has 1 rings (SSSR count). The molecular formula is C14H20O. The van der Waals surface area contributed by atoms with Gasteiger partial charge < -0.3 is 4.74 Å². The standard InChI is InChI=1S/C14H20O/c1-4-6-7-12(5-2)13-8-10-14(15-3)11-9-13/h4,6,8-12H,5,7H2,1-3H3/b6-4-. The Morgan fingerprint density at radius 2 is 1.93 bits per heavy atom. The molecule has 0 aromatic heterocycles. The van der Waals surface area contributed by atoms with Gasteiger partial charge in [-0.2, -0.15) is 0 Å². The van der Waals surface area contributed by atoms with Crippen LogP contribution in [-0.2, 0) is 0 Å². The molecule has 1 aromatic carbocycles. The van der Waals surface area contributed by atoms with E-state index < -0.39 is 0 Å². The van der Waals surface area contributed by atoms with Crippen LogP contribution in [0.4, 0.5) is 0 Å². The fraction of sp³-hybridized carbons (Fsp3) is 0.429. The minimum Gasteiger partial charge on any atom is -0.497 e. The van der Waals surface area contributed by atoms with Crippen LogP contribution in [0.5, 0.6) is 5.75 Å². The smallest absolute Gasteiger partial charge is 0.118 e. The van der Waals surface area contributed by atoms with E-state index in [9.17, 15) is 0 Å². The second-order valence-corrected chi connectivity index (χ2v) is 3.68. The molecule has 1 unspecified atom stereocenters. The molecule has 0 fully saturated rings. The van der Waals surface area contributed by atoms with Gasteiger partial charge in [0, 0.05) is 0 Å². The Labute approximate surface area is 92.8 Å². The summed E-state index contributed by atoms with van der Waals surface area (Å²) in [7, 11) is 1.70. The third kappa shape index (κ3) is 3.43.